The lowest BCUT2D eigenvalue weighted by molar-refractivity contribution is -0.137. The molecular formula is C21H23N3O3. The summed E-state index contributed by atoms with van der Waals surface area (Å²) in [5.41, 5.74) is 3.40. The van der Waals surface area contributed by atoms with Crippen LogP contribution in [0.15, 0.2) is 48.5 Å². The summed E-state index contributed by atoms with van der Waals surface area (Å²) in [5, 5.41) is 0. The number of nitrogens with zero attached hydrogens (tertiary/aromatic N) is 3. The van der Waals surface area contributed by atoms with Crippen LogP contribution in [0.5, 0.6) is 5.75 Å². The van der Waals surface area contributed by atoms with Gasteiger partial charge in [0.15, 0.2) is 0 Å². The van der Waals surface area contributed by atoms with E-state index in [0.717, 1.165) is 24.5 Å². The number of fused-ring (bicyclic) bond motifs is 1. The van der Waals surface area contributed by atoms with Crippen LogP contribution in [-0.4, -0.2) is 54.9 Å². The smallest absolute Gasteiger partial charge is 0.246 e. The highest BCUT2D eigenvalue weighted by molar-refractivity contribution is 5.98. The van der Waals surface area contributed by atoms with E-state index in [0.29, 0.717) is 19.6 Å². The molecule has 0 aliphatic carbocycles. The number of carbonyl (C=O) groups excluding carboxylic acids is 2. The Morgan fingerprint density at radius 3 is 2.22 bits per heavy atom. The van der Waals surface area contributed by atoms with E-state index < -0.39 is 0 Å². The number of ether oxygens (including phenoxy) is 1. The molecule has 0 spiro atoms. The molecule has 6 nitrogen and oxygen atoms in total. The highest BCUT2D eigenvalue weighted by atomic mass is 16.5. The fourth-order valence-corrected chi connectivity index (χ4v) is 3.73. The first-order valence-corrected chi connectivity index (χ1v) is 9.15. The van der Waals surface area contributed by atoms with Crippen molar-refractivity contribution in [2.45, 2.75) is 13.1 Å². The van der Waals surface area contributed by atoms with Crippen molar-refractivity contribution in [1.29, 1.82) is 0 Å². The van der Waals surface area contributed by atoms with Gasteiger partial charge in [0.1, 0.15) is 12.3 Å². The number of methoxy groups -OCH3 is 1. The van der Waals surface area contributed by atoms with Crippen molar-refractivity contribution in [1.82, 2.24) is 9.80 Å². The van der Waals surface area contributed by atoms with Gasteiger partial charge in [-0.15, -0.1) is 0 Å². The minimum atomic E-state index is -0.0514. The van der Waals surface area contributed by atoms with Crippen LogP contribution >= 0.6 is 0 Å². The zero-order valence-electron chi connectivity index (χ0n) is 15.4. The maximum Gasteiger partial charge on any atom is 0.246 e. The quantitative estimate of drug-likeness (QED) is 0.830. The fraction of sp³-hybridized carbons (Fsp3) is 0.333. The Hall–Kier alpha value is -2.86. The molecule has 6 heteroatoms. The molecule has 2 aliphatic rings. The summed E-state index contributed by atoms with van der Waals surface area (Å²) < 4.78 is 5.16. The summed E-state index contributed by atoms with van der Waals surface area (Å²) in [5.74, 6) is 0.724. The highest BCUT2D eigenvalue weighted by Crippen LogP contribution is 2.23. The molecule has 0 N–H and O–H groups in total. The van der Waals surface area contributed by atoms with Crippen LogP contribution < -0.4 is 9.64 Å². The summed E-state index contributed by atoms with van der Waals surface area (Å²) in [6.45, 7) is 3.13. The molecule has 0 saturated carbocycles. The van der Waals surface area contributed by atoms with Gasteiger partial charge in [-0.1, -0.05) is 24.3 Å². The third-order valence-electron chi connectivity index (χ3n) is 5.22. The van der Waals surface area contributed by atoms with Crippen LogP contribution in [0.4, 0.5) is 5.69 Å². The summed E-state index contributed by atoms with van der Waals surface area (Å²) in [6.07, 6.45) is 0. The fourth-order valence-electron chi connectivity index (χ4n) is 3.73. The highest BCUT2D eigenvalue weighted by Gasteiger charge is 2.30. The van der Waals surface area contributed by atoms with Crippen molar-refractivity contribution in [3.05, 3.63) is 59.7 Å². The Balaban J connectivity index is 1.34. The molecular weight excluding hydrogens is 342 g/mol. The van der Waals surface area contributed by atoms with Gasteiger partial charge in [0.05, 0.1) is 13.7 Å². The zero-order chi connectivity index (χ0) is 18.8. The third-order valence-corrected chi connectivity index (χ3v) is 5.22. The molecule has 2 heterocycles. The largest absolute Gasteiger partial charge is 0.497 e. The van der Waals surface area contributed by atoms with Crippen molar-refractivity contribution in [2.24, 2.45) is 0 Å². The van der Waals surface area contributed by atoms with Gasteiger partial charge < -0.3 is 14.5 Å². The van der Waals surface area contributed by atoms with Crippen LogP contribution in [0.2, 0.25) is 0 Å². The SMILES string of the molecule is COc1ccc(N2CCN(C(=O)CN3Cc4ccccc4C3)CC2=O)cc1. The average Bonchev–Trinajstić information content (AvgIpc) is 3.10. The third kappa shape index (κ3) is 3.66. The minimum Gasteiger partial charge on any atom is -0.497 e. The van der Waals surface area contributed by atoms with Crippen molar-refractivity contribution < 1.29 is 14.3 Å². The second kappa shape index (κ2) is 7.40. The molecule has 2 aliphatic heterocycles. The van der Waals surface area contributed by atoms with Gasteiger partial charge in [-0.3, -0.25) is 14.5 Å². The monoisotopic (exact) mass is 365 g/mol. The average molecular weight is 365 g/mol. The van der Waals surface area contributed by atoms with E-state index in [1.165, 1.54) is 11.1 Å². The zero-order valence-corrected chi connectivity index (χ0v) is 15.4. The number of benzene rings is 2. The predicted octanol–water partition coefficient (Wildman–Crippen LogP) is 1.89. The Labute approximate surface area is 158 Å². The van der Waals surface area contributed by atoms with Gasteiger partial charge in [-0.2, -0.15) is 0 Å². The summed E-state index contributed by atoms with van der Waals surface area (Å²) in [4.78, 5) is 30.8. The van der Waals surface area contributed by atoms with Crippen LogP contribution in [0, 0.1) is 0 Å². The summed E-state index contributed by atoms with van der Waals surface area (Å²) >= 11 is 0. The predicted molar refractivity (Wildman–Crippen MR) is 102 cm³/mol. The van der Waals surface area contributed by atoms with E-state index in [1.807, 2.05) is 36.4 Å². The van der Waals surface area contributed by atoms with Crippen molar-refractivity contribution in [2.75, 3.05) is 38.2 Å². The van der Waals surface area contributed by atoms with Gasteiger partial charge >= 0.3 is 0 Å². The molecule has 1 fully saturated rings. The molecule has 140 valence electrons. The van der Waals surface area contributed by atoms with Crippen LogP contribution in [0.1, 0.15) is 11.1 Å². The Bertz CT molecular complexity index is 825. The Kier molecular flexibility index (Phi) is 4.81. The second-order valence-electron chi connectivity index (χ2n) is 6.97. The maximum atomic E-state index is 12.7. The molecule has 0 radical (unpaired) electrons. The van der Waals surface area contributed by atoms with E-state index in [2.05, 4.69) is 17.0 Å². The molecule has 0 unspecified atom stereocenters. The Morgan fingerprint density at radius 2 is 1.63 bits per heavy atom. The minimum absolute atomic E-state index is 0.0190. The van der Waals surface area contributed by atoms with Crippen LogP contribution in [-0.2, 0) is 22.7 Å². The summed E-state index contributed by atoms with van der Waals surface area (Å²) in [6, 6.07) is 15.7. The first kappa shape index (κ1) is 17.5. The van der Waals surface area contributed by atoms with Gasteiger partial charge in [0, 0.05) is 31.9 Å². The molecule has 0 bridgehead atoms. The van der Waals surface area contributed by atoms with Gasteiger partial charge in [-0.25, -0.2) is 0 Å². The number of amides is 2. The molecule has 2 amide bonds. The number of anilines is 1. The summed E-state index contributed by atoms with van der Waals surface area (Å²) in [7, 11) is 1.61. The van der Waals surface area contributed by atoms with Crippen LogP contribution in [0.3, 0.4) is 0 Å². The molecule has 1 saturated heterocycles. The normalized spacial score (nSPS) is 17.1. The lowest BCUT2D eigenvalue weighted by Gasteiger charge is -2.35. The first-order valence-electron chi connectivity index (χ1n) is 9.15. The molecule has 2 aromatic carbocycles. The molecule has 0 atom stereocenters. The second-order valence-corrected chi connectivity index (χ2v) is 6.97. The topological polar surface area (TPSA) is 53.1 Å². The van der Waals surface area contributed by atoms with Crippen LogP contribution in [0.25, 0.3) is 0 Å². The maximum absolute atomic E-state index is 12.7. The number of carbonyl (C=O) groups is 2. The number of rotatable bonds is 4. The standard InChI is InChI=1S/C21H23N3O3/c1-27-19-8-6-18(7-9-19)24-11-10-23(15-21(24)26)20(25)14-22-12-16-4-2-3-5-17(16)13-22/h2-9H,10-15H2,1H3. The molecule has 2 aromatic rings. The number of piperazine rings is 1. The van der Waals surface area contributed by atoms with E-state index >= 15 is 0 Å². The van der Waals surface area contributed by atoms with Gasteiger partial charge in [-0.05, 0) is 35.4 Å². The number of hydrogen-bond acceptors (Lipinski definition) is 4. The first-order chi connectivity index (χ1) is 13.1. The Morgan fingerprint density at radius 1 is 0.963 bits per heavy atom. The number of hydrogen-bond donors (Lipinski definition) is 0. The van der Waals surface area contributed by atoms with E-state index in [4.69, 9.17) is 4.74 Å². The van der Waals surface area contributed by atoms with E-state index in [1.54, 1.807) is 16.9 Å². The van der Waals surface area contributed by atoms with E-state index in [-0.39, 0.29) is 18.4 Å². The molecule has 0 aromatic heterocycles. The van der Waals surface area contributed by atoms with Gasteiger partial charge in [0.25, 0.3) is 0 Å². The van der Waals surface area contributed by atoms with Gasteiger partial charge in [0.2, 0.25) is 11.8 Å². The van der Waals surface area contributed by atoms with Crippen molar-refractivity contribution >= 4 is 17.5 Å². The molecule has 27 heavy (non-hydrogen) atoms. The van der Waals surface area contributed by atoms with E-state index in [9.17, 15) is 9.59 Å². The lowest BCUT2D eigenvalue weighted by Crippen LogP contribution is -2.54. The lowest BCUT2D eigenvalue weighted by atomic mass is 10.1. The van der Waals surface area contributed by atoms with Crippen molar-refractivity contribution in [3.63, 3.8) is 0 Å². The molecule has 4 rings (SSSR count). The van der Waals surface area contributed by atoms with Crippen molar-refractivity contribution in [3.8, 4) is 5.75 Å².